The van der Waals surface area contributed by atoms with Gasteiger partial charge in [-0.1, -0.05) is 19.1 Å². The van der Waals surface area contributed by atoms with Gasteiger partial charge in [-0.25, -0.2) is 4.39 Å². The van der Waals surface area contributed by atoms with Gasteiger partial charge in [-0.2, -0.15) is 0 Å². The van der Waals surface area contributed by atoms with Crippen molar-refractivity contribution >= 4 is 17.5 Å². The summed E-state index contributed by atoms with van der Waals surface area (Å²) in [6, 6.07) is 5.69. The minimum absolute atomic E-state index is 0.0909. The van der Waals surface area contributed by atoms with Crippen molar-refractivity contribution in [1.29, 1.82) is 0 Å². The van der Waals surface area contributed by atoms with Crippen molar-refractivity contribution in [2.75, 3.05) is 24.5 Å². The summed E-state index contributed by atoms with van der Waals surface area (Å²) in [5.74, 6) is 0.0548. The molecule has 5 nitrogen and oxygen atoms in total. The number of benzene rings is 1. The van der Waals surface area contributed by atoms with Gasteiger partial charge in [0.1, 0.15) is 11.9 Å². The Hall–Kier alpha value is -1.95. The van der Waals surface area contributed by atoms with Crippen LogP contribution >= 0.6 is 0 Å². The number of nitrogens with one attached hydrogen (secondary N) is 2. The Labute approximate surface area is 148 Å². The molecular formula is C19H26FN3O2. The Bertz CT molecular complexity index is 631. The molecule has 0 aliphatic carbocycles. The van der Waals surface area contributed by atoms with Crippen molar-refractivity contribution in [2.45, 2.75) is 38.6 Å². The summed E-state index contributed by atoms with van der Waals surface area (Å²) >= 11 is 0. The smallest absolute Gasteiger partial charge is 0.249 e. The van der Waals surface area contributed by atoms with Gasteiger partial charge in [0, 0.05) is 13.0 Å². The molecule has 2 aliphatic rings. The number of amides is 2. The zero-order chi connectivity index (χ0) is 17.8. The highest BCUT2D eigenvalue weighted by molar-refractivity contribution is 6.01. The lowest BCUT2D eigenvalue weighted by molar-refractivity contribution is -0.127. The quantitative estimate of drug-likeness (QED) is 0.857. The molecule has 0 spiro atoms. The van der Waals surface area contributed by atoms with Gasteiger partial charge in [0.05, 0.1) is 5.69 Å². The summed E-state index contributed by atoms with van der Waals surface area (Å²) in [5, 5.41) is 6.22. The lowest BCUT2D eigenvalue weighted by Gasteiger charge is -2.28. The van der Waals surface area contributed by atoms with Crippen LogP contribution in [-0.4, -0.2) is 37.5 Å². The first-order valence-corrected chi connectivity index (χ1v) is 9.12. The molecule has 0 aromatic heterocycles. The Morgan fingerprint density at radius 2 is 2.20 bits per heavy atom. The fraction of sp³-hybridized carbons (Fsp3) is 0.579. The third kappa shape index (κ3) is 4.18. The SMILES string of the molecule is CC(CC(=O)NC1CCN(c2ccccc2F)C1=O)C1CCCNC1. The molecule has 0 bridgehead atoms. The number of hydrogen-bond acceptors (Lipinski definition) is 3. The van der Waals surface area contributed by atoms with E-state index in [1.807, 2.05) is 0 Å². The van der Waals surface area contributed by atoms with E-state index in [0.717, 1.165) is 25.9 Å². The second-order valence-electron chi connectivity index (χ2n) is 7.14. The molecule has 0 radical (unpaired) electrons. The highest BCUT2D eigenvalue weighted by Crippen LogP contribution is 2.25. The van der Waals surface area contributed by atoms with E-state index in [9.17, 15) is 14.0 Å². The van der Waals surface area contributed by atoms with Crippen LogP contribution in [0.15, 0.2) is 24.3 Å². The number of piperidine rings is 1. The lowest BCUT2D eigenvalue weighted by Crippen LogP contribution is -2.43. The predicted molar refractivity (Wildman–Crippen MR) is 94.7 cm³/mol. The second-order valence-corrected chi connectivity index (χ2v) is 7.14. The highest BCUT2D eigenvalue weighted by Gasteiger charge is 2.35. The van der Waals surface area contributed by atoms with Crippen LogP contribution in [0.3, 0.4) is 0 Å². The Morgan fingerprint density at radius 1 is 1.40 bits per heavy atom. The lowest BCUT2D eigenvalue weighted by atomic mass is 9.85. The van der Waals surface area contributed by atoms with Crippen LogP contribution in [0.4, 0.5) is 10.1 Å². The van der Waals surface area contributed by atoms with Gasteiger partial charge >= 0.3 is 0 Å². The van der Waals surface area contributed by atoms with E-state index in [1.165, 1.54) is 11.0 Å². The van der Waals surface area contributed by atoms with Crippen LogP contribution in [0.25, 0.3) is 0 Å². The largest absolute Gasteiger partial charge is 0.344 e. The topological polar surface area (TPSA) is 61.4 Å². The van der Waals surface area contributed by atoms with Crippen LogP contribution in [0.2, 0.25) is 0 Å². The molecular weight excluding hydrogens is 321 g/mol. The van der Waals surface area contributed by atoms with Crippen LogP contribution in [0.5, 0.6) is 0 Å². The molecule has 2 heterocycles. The van der Waals surface area contributed by atoms with Gasteiger partial charge in [-0.15, -0.1) is 0 Å². The molecule has 6 heteroatoms. The minimum atomic E-state index is -0.552. The Balaban J connectivity index is 1.54. The molecule has 3 atom stereocenters. The molecule has 1 aromatic carbocycles. The molecule has 2 amide bonds. The molecule has 1 aromatic rings. The maximum Gasteiger partial charge on any atom is 0.249 e. The molecule has 0 saturated carbocycles. The van der Waals surface area contributed by atoms with Crippen molar-refractivity contribution in [3.8, 4) is 0 Å². The molecule has 2 N–H and O–H groups in total. The van der Waals surface area contributed by atoms with Gasteiger partial charge in [0.25, 0.3) is 0 Å². The molecule has 2 saturated heterocycles. The van der Waals surface area contributed by atoms with E-state index >= 15 is 0 Å². The fourth-order valence-electron chi connectivity index (χ4n) is 3.80. The van der Waals surface area contributed by atoms with E-state index in [1.54, 1.807) is 18.2 Å². The molecule has 25 heavy (non-hydrogen) atoms. The number of anilines is 1. The average Bonchev–Trinajstić information content (AvgIpc) is 2.96. The monoisotopic (exact) mass is 347 g/mol. The van der Waals surface area contributed by atoms with Crippen molar-refractivity contribution < 1.29 is 14.0 Å². The minimum Gasteiger partial charge on any atom is -0.344 e. The van der Waals surface area contributed by atoms with Crippen molar-refractivity contribution in [2.24, 2.45) is 11.8 Å². The van der Waals surface area contributed by atoms with E-state index < -0.39 is 11.9 Å². The van der Waals surface area contributed by atoms with E-state index in [0.29, 0.717) is 25.3 Å². The highest BCUT2D eigenvalue weighted by atomic mass is 19.1. The number of carbonyl (C=O) groups is 2. The number of nitrogens with zero attached hydrogens (tertiary/aromatic N) is 1. The number of hydrogen-bond donors (Lipinski definition) is 2. The van der Waals surface area contributed by atoms with Crippen molar-refractivity contribution in [3.63, 3.8) is 0 Å². The fourth-order valence-corrected chi connectivity index (χ4v) is 3.80. The number of carbonyl (C=O) groups excluding carboxylic acids is 2. The van der Waals surface area contributed by atoms with Crippen molar-refractivity contribution in [3.05, 3.63) is 30.1 Å². The summed E-state index contributed by atoms with van der Waals surface area (Å²) < 4.78 is 13.9. The summed E-state index contributed by atoms with van der Waals surface area (Å²) in [6.45, 7) is 4.53. The summed E-state index contributed by atoms with van der Waals surface area (Å²) in [6.07, 6.45) is 3.23. The number of rotatable bonds is 5. The third-order valence-electron chi connectivity index (χ3n) is 5.33. The zero-order valence-electron chi connectivity index (χ0n) is 14.6. The first kappa shape index (κ1) is 17.9. The van der Waals surface area contributed by atoms with Crippen LogP contribution in [0, 0.1) is 17.7 Å². The van der Waals surface area contributed by atoms with Crippen LogP contribution in [-0.2, 0) is 9.59 Å². The molecule has 3 unspecified atom stereocenters. The number of halogens is 1. The van der Waals surface area contributed by atoms with Gasteiger partial charge < -0.3 is 15.5 Å². The van der Waals surface area contributed by atoms with Gasteiger partial charge in [-0.05, 0) is 56.3 Å². The van der Waals surface area contributed by atoms with Crippen LogP contribution in [0.1, 0.15) is 32.6 Å². The predicted octanol–water partition coefficient (Wildman–Crippen LogP) is 2.07. The molecule has 136 valence electrons. The first-order valence-electron chi connectivity index (χ1n) is 9.12. The van der Waals surface area contributed by atoms with E-state index in [-0.39, 0.29) is 23.4 Å². The molecule has 3 rings (SSSR count). The van der Waals surface area contributed by atoms with E-state index in [2.05, 4.69) is 17.6 Å². The van der Waals surface area contributed by atoms with Gasteiger partial charge in [0.15, 0.2) is 0 Å². The maximum atomic E-state index is 13.9. The average molecular weight is 347 g/mol. The van der Waals surface area contributed by atoms with Crippen LogP contribution < -0.4 is 15.5 Å². The van der Waals surface area contributed by atoms with Crippen molar-refractivity contribution in [1.82, 2.24) is 10.6 Å². The second kappa shape index (κ2) is 7.95. The van der Waals surface area contributed by atoms with Gasteiger partial charge in [0.2, 0.25) is 11.8 Å². The number of para-hydroxylation sites is 1. The summed E-state index contributed by atoms with van der Waals surface area (Å²) in [7, 11) is 0. The van der Waals surface area contributed by atoms with E-state index in [4.69, 9.17) is 0 Å². The maximum absolute atomic E-state index is 13.9. The normalized spacial score (nSPS) is 25.0. The standard InChI is InChI=1S/C19H26FN3O2/c1-13(14-5-4-9-21-12-14)11-18(24)22-16-8-10-23(19(16)25)17-7-3-2-6-15(17)20/h2-3,6-7,13-14,16,21H,4-5,8-12H2,1H3,(H,22,24). The Kier molecular flexibility index (Phi) is 5.68. The third-order valence-corrected chi connectivity index (χ3v) is 5.33. The molecule has 2 aliphatic heterocycles. The summed E-state index contributed by atoms with van der Waals surface area (Å²) in [5.41, 5.74) is 0.283. The van der Waals surface area contributed by atoms with Gasteiger partial charge in [-0.3, -0.25) is 9.59 Å². The first-order chi connectivity index (χ1) is 12.1. The zero-order valence-corrected chi connectivity index (χ0v) is 14.6. The molecule has 2 fully saturated rings. The summed E-state index contributed by atoms with van der Waals surface area (Å²) in [4.78, 5) is 26.3. The Morgan fingerprint density at radius 3 is 2.92 bits per heavy atom.